The van der Waals surface area contributed by atoms with E-state index in [2.05, 4.69) is 29.5 Å². The molecule has 2 rings (SSSR count). The summed E-state index contributed by atoms with van der Waals surface area (Å²) in [4.78, 5) is 16.7. The maximum absolute atomic E-state index is 11.9. The Hall–Kier alpha value is -0.940. The molecule has 100 valence electrons. The highest BCUT2D eigenvalue weighted by Crippen LogP contribution is 2.29. The standard InChI is InChI=1S/C13H21N3OS/c1-9-15-7-10(18-9)12(17)16-8-11-13(2,3)5-4-6-14-11/h7,11,14H,4-6,8H2,1-3H3,(H,16,17). The molecule has 1 aromatic heterocycles. The molecule has 4 nitrogen and oxygen atoms in total. The Kier molecular flexibility index (Phi) is 4.02. The molecule has 0 bridgehead atoms. The maximum Gasteiger partial charge on any atom is 0.263 e. The van der Waals surface area contributed by atoms with Gasteiger partial charge in [0.25, 0.3) is 5.91 Å². The van der Waals surface area contributed by atoms with Crippen molar-refractivity contribution in [1.82, 2.24) is 15.6 Å². The number of thiazole rings is 1. The first-order valence-electron chi connectivity index (χ1n) is 6.43. The third-order valence-corrected chi connectivity index (χ3v) is 4.56. The Morgan fingerprint density at radius 3 is 3.06 bits per heavy atom. The van der Waals surface area contributed by atoms with Crippen molar-refractivity contribution >= 4 is 17.2 Å². The number of nitrogens with one attached hydrogen (secondary N) is 2. The molecule has 1 saturated heterocycles. The van der Waals surface area contributed by atoms with Crippen molar-refractivity contribution in [2.24, 2.45) is 5.41 Å². The summed E-state index contributed by atoms with van der Waals surface area (Å²) in [6.45, 7) is 8.15. The Morgan fingerprint density at radius 2 is 2.44 bits per heavy atom. The highest BCUT2D eigenvalue weighted by atomic mass is 32.1. The van der Waals surface area contributed by atoms with E-state index < -0.39 is 0 Å². The number of aromatic nitrogens is 1. The van der Waals surface area contributed by atoms with Gasteiger partial charge in [-0.05, 0) is 31.7 Å². The monoisotopic (exact) mass is 267 g/mol. The van der Waals surface area contributed by atoms with Crippen LogP contribution in [-0.4, -0.2) is 30.0 Å². The van der Waals surface area contributed by atoms with Crippen LogP contribution in [0.15, 0.2) is 6.20 Å². The molecule has 0 aliphatic carbocycles. The van der Waals surface area contributed by atoms with E-state index in [9.17, 15) is 4.79 Å². The van der Waals surface area contributed by atoms with E-state index in [1.165, 1.54) is 24.2 Å². The lowest BCUT2D eigenvalue weighted by Crippen LogP contribution is -2.52. The number of piperidine rings is 1. The molecule has 18 heavy (non-hydrogen) atoms. The van der Waals surface area contributed by atoms with Crippen LogP contribution in [0, 0.1) is 12.3 Å². The first-order chi connectivity index (χ1) is 8.49. The zero-order valence-electron chi connectivity index (χ0n) is 11.2. The first-order valence-corrected chi connectivity index (χ1v) is 7.25. The second-order valence-corrected chi connectivity index (χ2v) is 6.79. The Balaban J connectivity index is 1.89. The van der Waals surface area contributed by atoms with E-state index in [-0.39, 0.29) is 11.3 Å². The van der Waals surface area contributed by atoms with Crippen LogP contribution in [0.5, 0.6) is 0 Å². The van der Waals surface area contributed by atoms with Crippen molar-refractivity contribution in [3.05, 3.63) is 16.1 Å². The summed E-state index contributed by atoms with van der Waals surface area (Å²) in [7, 11) is 0. The molecule has 0 aromatic carbocycles. The Morgan fingerprint density at radius 1 is 1.67 bits per heavy atom. The van der Waals surface area contributed by atoms with Gasteiger partial charge in [-0.3, -0.25) is 4.79 Å². The van der Waals surface area contributed by atoms with Crippen LogP contribution in [0.1, 0.15) is 41.4 Å². The van der Waals surface area contributed by atoms with Gasteiger partial charge >= 0.3 is 0 Å². The Labute approximate surface area is 112 Å². The maximum atomic E-state index is 11.9. The number of hydrogen-bond acceptors (Lipinski definition) is 4. The molecule has 1 amide bonds. The summed E-state index contributed by atoms with van der Waals surface area (Å²) in [5.41, 5.74) is 0.245. The van der Waals surface area contributed by atoms with Gasteiger partial charge in [-0.25, -0.2) is 4.98 Å². The van der Waals surface area contributed by atoms with Crippen LogP contribution >= 0.6 is 11.3 Å². The third kappa shape index (κ3) is 3.09. The largest absolute Gasteiger partial charge is 0.350 e. The predicted octanol–water partition coefficient (Wildman–Crippen LogP) is 1.96. The van der Waals surface area contributed by atoms with Gasteiger partial charge in [-0.15, -0.1) is 11.3 Å². The average Bonchev–Trinajstić information content (AvgIpc) is 2.73. The van der Waals surface area contributed by atoms with E-state index in [4.69, 9.17) is 0 Å². The summed E-state index contributed by atoms with van der Waals surface area (Å²) < 4.78 is 0. The predicted molar refractivity (Wildman–Crippen MR) is 74.0 cm³/mol. The molecule has 1 fully saturated rings. The minimum atomic E-state index is -0.0104. The number of aryl methyl sites for hydroxylation is 1. The molecule has 0 radical (unpaired) electrons. The second-order valence-electron chi connectivity index (χ2n) is 5.55. The van der Waals surface area contributed by atoms with Gasteiger partial charge in [-0.1, -0.05) is 13.8 Å². The minimum absolute atomic E-state index is 0.0104. The van der Waals surface area contributed by atoms with E-state index in [0.29, 0.717) is 17.5 Å². The molecule has 5 heteroatoms. The molecule has 1 aliphatic heterocycles. The van der Waals surface area contributed by atoms with Crippen molar-refractivity contribution < 1.29 is 4.79 Å². The molecule has 0 spiro atoms. The number of amides is 1. The van der Waals surface area contributed by atoms with Crippen LogP contribution in [0.3, 0.4) is 0 Å². The lowest BCUT2D eigenvalue weighted by molar-refractivity contribution is 0.0932. The van der Waals surface area contributed by atoms with Crippen molar-refractivity contribution in [2.75, 3.05) is 13.1 Å². The van der Waals surface area contributed by atoms with Crippen LogP contribution in [0.2, 0.25) is 0 Å². The van der Waals surface area contributed by atoms with Crippen LogP contribution < -0.4 is 10.6 Å². The van der Waals surface area contributed by atoms with Gasteiger partial charge in [0.15, 0.2) is 0 Å². The van der Waals surface area contributed by atoms with E-state index in [1.54, 1.807) is 6.20 Å². The minimum Gasteiger partial charge on any atom is -0.350 e. The second kappa shape index (κ2) is 5.36. The summed E-state index contributed by atoms with van der Waals surface area (Å²) in [6.07, 6.45) is 4.07. The normalized spacial score (nSPS) is 22.7. The van der Waals surface area contributed by atoms with Gasteiger partial charge in [0, 0.05) is 12.6 Å². The third-order valence-electron chi connectivity index (χ3n) is 3.64. The van der Waals surface area contributed by atoms with Crippen LogP contribution in [-0.2, 0) is 0 Å². The molecule has 1 aromatic rings. The summed E-state index contributed by atoms with van der Waals surface area (Å²) in [5.74, 6) is -0.0104. The highest BCUT2D eigenvalue weighted by molar-refractivity contribution is 7.13. The lowest BCUT2D eigenvalue weighted by Gasteiger charge is -2.39. The molecule has 2 heterocycles. The number of hydrogen-bond donors (Lipinski definition) is 2. The van der Waals surface area contributed by atoms with Gasteiger partial charge in [0.1, 0.15) is 4.88 Å². The summed E-state index contributed by atoms with van der Waals surface area (Å²) >= 11 is 1.44. The topological polar surface area (TPSA) is 54.0 Å². The number of rotatable bonds is 3. The van der Waals surface area contributed by atoms with Crippen molar-refractivity contribution in [1.29, 1.82) is 0 Å². The summed E-state index contributed by atoms with van der Waals surface area (Å²) in [6, 6.07) is 0.351. The fraction of sp³-hybridized carbons (Fsp3) is 0.692. The van der Waals surface area contributed by atoms with E-state index in [1.807, 2.05) is 6.92 Å². The molecule has 2 N–H and O–H groups in total. The van der Waals surface area contributed by atoms with Gasteiger partial charge in [-0.2, -0.15) is 0 Å². The fourth-order valence-electron chi connectivity index (χ4n) is 2.37. The molecule has 1 aliphatic rings. The Bertz CT molecular complexity index is 428. The molecule has 1 atom stereocenters. The number of carbonyl (C=O) groups is 1. The number of nitrogens with zero attached hydrogens (tertiary/aromatic N) is 1. The van der Waals surface area contributed by atoms with Crippen LogP contribution in [0.4, 0.5) is 0 Å². The van der Waals surface area contributed by atoms with Crippen LogP contribution in [0.25, 0.3) is 0 Å². The van der Waals surface area contributed by atoms with Gasteiger partial charge in [0.05, 0.1) is 11.2 Å². The zero-order chi connectivity index (χ0) is 13.2. The van der Waals surface area contributed by atoms with Crippen molar-refractivity contribution in [2.45, 2.75) is 39.7 Å². The van der Waals surface area contributed by atoms with E-state index in [0.717, 1.165) is 11.6 Å². The zero-order valence-corrected chi connectivity index (χ0v) is 12.1. The average molecular weight is 267 g/mol. The van der Waals surface area contributed by atoms with Gasteiger partial charge < -0.3 is 10.6 Å². The molecule has 0 saturated carbocycles. The molecule has 1 unspecified atom stereocenters. The quantitative estimate of drug-likeness (QED) is 0.880. The smallest absolute Gasteiger partial charge is 0.263 e. The summed E-state index contributed by atoms with van der Waals surface area (Å²) in [5, 5.41) is 7.43. The lowest BCUT2D eigenvalue weighted by atomic mass is 9.77. The SMILES string of the molecule is Cc1ncc(C(=O)NCC2NCCCC2(C)C)s1. The van der Waals surface area contributed by atoms with Crippen molar-refractivity contribution in [3.8, 4) is 0 Å². The van der Waals surface area contributed by atoms with Gasteiger partial charge in [0.2, 0.25) is 0 Å². The molecular weight excluding hydrogens is 246 g/mol. The van der Waals surface area contributed by atoms with Crippen molar-refractivity contribution in [3.63, 3.8) is 0 Å². The molecular formula is C13H21N3OS. The fourth-order valence-corrected chi connectivity index (χ4v) is 3.06. The number of carbonyl (C=O) groups excluding carboxylic acids is 1. The van der Waals surface area contributed by atoms with E-state index >= 15 is 0 Å². The highest BCUT2D eigenvalue weighted by Gasteiger charge is 2.32. The first kappa shape index (κ1) is 13.5.